The van der Waals surface area contributed by atoms with Crippen molar-refractivity contribution in [3.05, 3.63) is 17.0 Å². The molecule has 0 aromatic carbocycles. The van der Waals surface area contributed by atoms with Crippen LogP contribution >= 0.6 is 0 Å². The Kier molecular flexibility index (Phi) is 4.18. The molecular weight excluding hydrogens is 250 g/mol. The summed E-state index contributed by atoms with van der Waals surface area (Å²) in [6.45, 7) is 8.14. The smallest absolute Gasteiger partial charge is 0.328 e. The van der Waals surface area contributed by atoms with Gasteiger partial charge in [0.25, 0.3) is 0 Å². The van der Waals surface area contributed by atoms with Gasteiger partial charge in [0.1, 0.15) is 11.3 Å². The van der Waals surface area contributed by atoms with Crippen molar-refractivity contribution in [3.8, 4) is 0 Å². The van der Waals surface area contributed by atoms with Crippen LogP contribution in [0.2, 0.25) is 0 Å². The van der Waals surface area contributed by atoms with E-state index < -0.39 is 17.5 Å². The number of carbonyl (C=O) groups is 2. The van der Waals surface area contributed by atoms with E-state index in [4.69, 9.17) is 9.63 Å². The molecular formula is C12H19N3O4. The Morgan fingerprint density at radius 1 is 1.37 bits per heavy atom. The van der Waals surface area contributed by atoms with Crippen LogP contribution in [0.25, 0.3) is 0 Å². The molecule has 0 saturated heterocycles. The van der Waals surface area contributed by atoms with Crippen molar-refractivity contribution >= 4 is 12.0 Å². The molecule has 1 aromatic heterocycles. The van der Waals surface area contributed by atoms with E-state index in [0.29, 0.717) is 11.5 Å². The summed E-state index contributed by atoms with van der Waals surface area (Å²) >= 11 is 0. The van der Waals surface area contributed by atoms with Gasteiger partial charge in [0.15, 0.2) is 0 Å². The lowest BCUT2D eigenvalue weighted by atomic mass is 10.1. The summed E-state index contributed by atoms with van der Waals surface area (Å²) in [5, 5.41) is 17.8. The molecule has 0 fully saturated rings. The summed E-state index contributed by atoms with van der Waals surface area (Å²) in [5.41, 5.74) is 0.161. The lowest BCUT2D eigenvalue weighted by Crippen LogP contribution is -2.53. The zero-order valence-corrected chi connectivity index (χ0v) is 11.7. The van der Waals surface area contributed by atoms with Crippen LogP contribution in [0, 0.1) is 13.8 Å². The number of carboxylic acids is 1. The standard InChI is InChI=1S/C12H19N3O4/c1-6(9-7(2)15-19-8(9)3)13-11(18)14-12(4,5)10(16)17/h6H,1-5H3,(H,16,17)(H2,13,14,18). The third kappa shape index (κ3) is 3.46. The van der Waals surface area contributed by atoms with Crippen molar-refractivity contribution < 1.29 is 19.2 Å². The highest BCUT2D eigenvalue weighted by Gasteiger charge is 2.29. The second-order valence-corrected chi connectivity index (χ2v) is 4.99. The summed E-state index contributed by atoms with van der Waals surface area (Å²) < 4.78 is 5.02. The summed E-state index contributed by atoms with van der Waals surface area (Å²) in [4.78, 5) is 22.7. The van der Waals surface area contributed by atoms with Crippen molar-refractivity contribution in [1.29, 1.82) is 0 Å². The quantitative estimate of drug-likeness (QED) is 0.768. The van der Waals surface area contributed by atoms with Gasteiger partial charge in [0.05, 0.1) is 11.7 Å². The fraction of sp³-hybridized carbons (Fsp3) is 0.583. The van der Waals surface area contributed by atoms with Crippen LogP contribution in [-0.4, -0.2) is 27.8 Å². The first-order valence-electron chi connectivity index (χ1n) is 5.90. The number of aliphatic carboxylic acids is 1. The first-order chi connectivity index (χ1) is 8.65. The van der Waals surface area contributed by atoms with E-state index in [9.17, 15) is 9.59 Å². The predicted molar refractivity (Wildman–Crippen MR) is 67.8 cm³/mol. The van der Waals surface area contributed by atoms with Gasteiger partial charge in [-0.15, -0.1) is 0 Å². The number of nitrogens with zero attached hydrogens (tertiary/aromatic N) is 1. The average Bonchev–Trinajstić information content (AvgIpc) is 2.56. The molecule has 1 unspecified atom stereocenters. The molecule has 0 spiro atoms. The van der Waals surface area contributed by atoms with Crippen LogP contribution in [-0.2, 0) is 4.79 Å². The second kappa shape index (κ2) is 5.29. The van der Waals surface area contributed by atoms with E-state index >= 15 is 0 Å². The van der Waals surface area contributed by atoms with Gasteiger partial charge in [-0.25, -0.2) is 9.59 Å². The predicted octanol–water partition coefficient (Wildman–Crippen LogP) is 1.51. The molecule has 7 heteroatoms. The molecule has 19 heavy (non-hydrogen) atoms. The van der Waals surface area contributed by atoms with E-state index in [1.54, 1.807) is 20.8 Å². The zero-order valence-electron chi connectivity index (χ0n) is 11.7. The summed E-state index contributed by atoms with van der Waals surface area (Å²) in [7, 11) is 0. The third-order valence-electron chi connectivity index (χ3n) is 2.83. The lowest BCUT2D eigenvalue weighted by Gasteiger charge is -2.23. The third-order valence-corrected chi connectivity index (χ3v) is 2.83. The van der Waals surface area contributed by atoms with Crippen LogP contribution in [0.1, 0.15) is 43.8 Å². The van der Waals surface area contributed by atoms with Crippen LogP contribution < -0.4 is 10.6 Å². The maximum absolute atomic E-state index is 11.8. The molecule has 0 saturated carbocycles. The number of rotatable bonds is 4. The Labute approximate surface area is 111 Å². The maximum Gasteiger partial charge on any atom is 0.328 e. The number of aromatic nitrogens is 1. The van der Waals surface area contributed by atoms with Crippen molar-refractivity contribution in [2.75, 3.05) is 0 Å². The number of hydrogen-bond acceptors (Lipinski definition) is 4. The zero-order chi connectivity index (χ0) is 14.8. The number of nitrogens with one attached hydrogen (secondary N) is 2. The van der Waals surface area contributed by atoms with Gasteiger partial charge in [-0.3, -0.25) is 0 Å². The van der Waals surface area contributed by atoms with E-state index in [-0.39, 0.29) is 6.04 Å². The minimum Gasteiger partial charge on any atom is -0.480 e. The molecule has 7 nitrogen and oxygen atoms in total. The number of hydrogen-bond donors (Lipinski definition) is 3. The van der Waals surface area contributed by atoms with Crippen LogP contribution in [0.3, 0.4) is 0 Å². The molecule has 0 radical (unpaired) electrons. The lowest BCUT2D eigenvalue weighted by molar-refractivity contribution is -0.142. The maximum atomic E-state index is 11.8. The Morgan fingerprint density at radius 2 is 1.95 bits per heavy atom. The minimum atomic E-state index is -1.33. The molecule has 0 aliphatic rings. The van der Waals surface area contributed by atoms with Crippen LogP contribution in [0.15, 0.2) is 4.52 Å². The van der Waals surface area contributed by atoms with Gasteiger partial charge in [0, 0.05) is 5.56 Å². The van der Waals surface area contributed by atoms with Crippen molar-refractivity contribution in [2.24, 2.45) is 0 Å². The second-order valence-electron chi connectivity index (χ2n) is 4.99. The molecule has 1 heterocycles. The largest absolute Gasteiger partial charge is 0.480 e. The highest BCUT2D eigenvalue weighted by molar-refractivity contribution is 5.85. The molecule has 1 rings (SSSR count). The molecule has 0 aliphatic heterocycles. The van der Waals surface area contributed by atoms with Gasteiger partial charge in [0.2, 0.25) is 0 Å². The number of carboxylic acid groups (broad SMARTS) is 1. The molecule has 1 atom stereocenters. The molecule has 106 valence electrons. The van der Waals surface area contributed by atoms with E-state index in [2.05, 4.69) is 15.8 Å². The monoisotopic (exact) mass is 269 g/mol. The van der Waals surface area contributed by atoms with E-state index in [1.807, 2.05) is 0 Å². The average molecular weight is 269 g/mol. The first-order valence-corrected chi connectivity index (χ1v) is 5.90. The Bertz CT molecular complexity index is 474. The van der Waals surface area contributed by atoms with Gasteiger partial charge in [-0.2, -0.15) is 0 Å². The number of carbonyl (C=O) groups excluding carboxylic acids is 1. The normalized spacial score (nSPS) is 12.9. The first kappa shape index (κ1) is 15.0. The molecule has 0 bridgehead atoms. The number of amides is 2. The Morgan fingerprint density at radius 3 is 2.37 bits per heavy atom. The molecule has 1 aromatic rings. The van der Waals surface area contributed by atoms with Crippen molar-refractivity contribution in [1.82, 2.24) is 15.8 Å². The molecule has 2 amide bonds. The Hall–Kier alpha value is -2.05. The number of aryl methyl sites for hydroxylation is 2. The van der Waals surface area contributed by atoms with Crippen molar-refractivity contribution in [3.63, 3.8) is 0 Å². The highest BCUT2D eigenvalue weighted by atomic mass is 16.5. The SMILES string of the molecule is Cc1noc(C)c1C(C)NC(=O)NC(C)(C)C(=O)O. The van der Waals surface area contributed by atoms with Crippen molar-refractivity contribution in [2.45, 2.75) is 46.2 Å². The summed E-state index contributed by atoms with van der Waals surface area (Å²) in [6.07, 6.45) is 0. The van der Waals surface area contributed by atoms with Crippen LogP contribution in [0.4, 0.5) is 4.79 Å². The summed E-state index contributed by atoms with van der Waals surface area (Å²) in [5.74, 6) is -0.476. The van der Waals surface area contributed by atoms with Gasteiger partial charge in [-0.05, 0) is 34.6 Å². The topological polar surface area (TPSA) is 104 Å². The highest BCUT2D eigenvalue weighted by Crippen LogP contribution is 2.20. The fourth-order valence-corrected chi connectivity index (χ4v) is 1.75. The Balaban J connectivity index is 2.71. The number of urea groups is 1. The van der Waals surface area contributed by atoms with Crippen LogP contribution in [0.5, 0.6) is 0 Å². The fourth-order valence-electron chi connectivity index (χ4n) is 1.75. The molecule has 3 N–H and O–H groups in total. The molecule has 0 aliphatic carbocycles. The van der Waals surface area contributed by atoms with E-state index in [0.717, 1.165) is 5.56 Å². The van der Waals surface area contributed by atoms with Gasteiger partial charge >= 0.3 is 12.0 Å². The summed E-state index contributed by atoms with van der Waals surface area (Å²) in [6, 6.07) is -0.879. The minimum absolute atomic E-state index is 0.323. The van der Waals surface area contributed by atoms with E-state index in [1.165, 1.54) is 13.8 Å². The van der Waals surface area contributed by atoms with Gasteiger partial charge < -0.3 is 20.3 Å². The van der Waals surface area contributed by atoms with Gasteiger partial charge in [-0.1, -0.05) is 5.16 Å².